The van der Waals surface area contributed by atoms with Gasteiger partial charge in [0.2, 0.25) is 0 Å². The summed E-state index contributed by atoms with van der Waals surface area (Å²) in [5.74, 6) is 12.9. The molecule has 4 rings (SSSR count). The second-order valence-corrected chi connectivity index (χ2v) is 6.06. The van der Waals surface area contributed by atoms with Crippen LogP contribution in [0, 0.1) is 23.7 Å². The van der Waals surface area contributed by atoms with Crippen LogP contribution >= 0.6 is 0 Å². The molecule has 0 aliphatic heterocycles. The molecule has 0 aromatic heterocycles. The van der Waals surface area contributed by atoms with Crippen LogP contribution in [0.3, 0.4) is 0 Å². The molecule has 3 aromatic carbocycles. The quantitative estimate of drug-likeness (QED) is 0.433. The summed E-state index contributed by atoms with van der Waals surface area (Å²) in [6.45, 7) is 3.82. The number of hydrogen-bond donors (Lipinski definition) is 0. The van der Waals surface area contributed by atoms with Gasteiger partial charge in [0, 0.05) is 11.1 Å². The highest BCUT2D eigenvalue weighted by molar-refractivity contribution is 6.03. The van der Waals surface area contributed by atoms with E-state index < -0.39 is 0 Å². The van der Waals surface area contributed by atoms with Gasteiger partial charge >= 0.3 is 0 Å². The van der Waals surface area contributed by atoms with Gasteiger partial charge in [-0.3, -0.25) is 0 Å². The largest absolute Gasteiger partial charge is 0.101 e. The summed E-state index contributed by atoms with van der Waals surface area (Å²) in [4.78, 5) is 0. The lowest BCUT2D eigenvalue weighted by Crippen LogP contribution is -2.33. The van der Waals surface area contributed by atoms with Gasteiger partial charge in [-0.05, 0) is 70.8 Å². The van der Waals surface area contributed by atoms with Crippen LogP contribution in [0.5, 0.6) is 0 Å². The van der Waals surface area contributed by atoms with Crippen molar-refractivity contribution in [1.29, 1.82) is 0 Å². The van der Waals surface area contributed by atoms with E-state index in [9.17, 15) is 0 Å². The molecule has 1 aliphatic rings. The minimum absolute atomic E-state index is 1.07. The fourth-order valence-corrected chi connectivity index (χ4v) is 3.61. The van der Waals surface area contributed by atoms with Gasteiger partial charge < -0.3 is 0 Å². The zero-order chi connectivity index (χ0) is 16.5. The fourth-order valence-electron chi connectivity index (χ4n) is 3.61. The van der Waals surface area contributed by atoms with Crippen molar-refractivity contribution in [1.82, 2.24) is 0 Å². The van der Waals surface area contributed by atoms with Crippen LogP contribution in [0.2, 0.25) is 0 Å². The van der Waals surface area contributed by atoms with Crippen LogP contribution in [0.1, 0.15) is 37.8 Å². The molecule has 0 N–H and O–H groups in total. The molecular weight excluding hydrogens is 288 g/mol. The van der Waals surface area contributed by atoms with Crippen LogP contribution in [0.25, 0.3) is 33.7 Å². The van der Waals surface area contributed by atoms with Gasteiger partial charge in [-0.15, -0.1) is 11.8 Å². The Morgan fingerprint density at radius 3 is 1.58 bits per heavy atom. The molecule has 0 spiro atoms. The molecule has 0 nitrogen and oxygen atoms in total. The Morgan fingerprint density at radius 1 is 0.708 bits per heavy atom. The van der Waals surface area contributed by atoms with E-state index in [1.54, 1.807) is 0 Å². The Kier molecular flexibility index (Phi) is 3.60. The SMILES string of the molecule is CC#Cc1c2c(c(C#CC)c3cc4ccccc4cc13)=CCCC=2. The molecule has 114 valence electrons. The van der Waals surface area contributed by atoms with Crippen LogP contribution in [-0.2, 0) is 0 Å². The van der Waals surface area contributed by atoms with E-state index >= 15 is 0 Å². The van der Waals surface area contributed by atoms with Gasteiger partial charge in [-0.1, -0.05) is 48.3 Å². The normalized spacial score (nSPS) is 12.2. The number of hydrogen-bond acceptors (Lipinski definition) is 0. The molecule has 0 bridgehead atoms. The first kappa shape index (κ1) is 14.6. The molecule has 0 amide bonds. The second kappa shape index (κ2) is 5.92. The summed E-state index contributed by atoms with van der Waals surface area (Å²) in [6.07, 6.45) is 6.79. The molecule has 0 radical (unpaired) electrons. The standard InChI is InChI=1S/C24H18/c1-3-9-19-21-13-7-8-14-22(21)20(10-4-2)24-16-18-12-6-5-11-17(18)15-23(19)24/h5-6,11-16H,7-8H2,1-2H3. The molecule has 0 fully saturated rings. The highest BCUT2D eigenvalue weighted by Gasteiger charge is 2.12. The van der Waals surface area contributed by atoms with E-state index in [1.807, 2.05) is 13.8 Å². The first-order valence-electron chi connectivity index (χ1n) is 8.38. The minimum Gasteiger partial charge on any atom is -0.101 e. The van der Waals surface area contributed by atoms with Crippen molar-refractivity contribution in [3.05, 3.63) is 58.0 Å². The maximum atomic E-state index is 3.36. The highest BCUT2D eigenvalue weighted by atomic mass is 14.1. The highest BCUT2D eigenvalue weighted by Crippen LogP contribution is 2.25. The summed E-state index contributed by atoms with van der Waals surface area (Å²) < 4.78 is 0. The molecular formula is C24H18. The predicted molar refractivity (Wildman–Crippen MR) is 104 cm³/mol. The summed E-state index contributed by atoms with van der Waals surface area (Å²) >= 11 is 0. The molecule has 0 heterocycles. The first-order valence-corrected chi connectivity index (χ1v) is 8.38. The third kappa shape index (κ3) is 2.20. The van der Waals surface area contributed by atoms with Crippen molar-refractivity contribution in [3.63, 3.8) is 0 Å². The maximum Gasteiger partial charge on any atom is 0.0399 e. The molecule has 3 aromatic rings. The average Bonchev–Trinajstić information content (AvgIpc) is 2.63. The van der Waals surface area contributed by atoms with Crippen molar-refractivity contribution in [3.8, 4) is 23.7 Å². The second-order valence-electron chi connectivity index (χ2n) is 6.06. The van der Waals surface area contributed by atoms with Crippen LogP contribution in [-0.4, -0.2) is 0 Å². The summed E-state index contributed by atoms with van der Waals surface area (Å²) in [6, 6.07) is 13.0. The van der Waals surface area contributed by atoms with Crippen molar-refractivity contribution >= 4 is 33.7 Å². The van der Waals surface area contributed by atoms with Crippen molar-refractivity contribution in [2.75, 3.05) is 0 Å². The zero-order valence-corrected chi connectivity index (χ0v) is 14.0. The predicted octanol–water partition coefficient (Wildman–Crippen LogP) is 4.09. The van der Waals surface area contributed by atoms with Gasteiger partial charge in [0.05, 0.1) is 0 Å². The maximum absolute atomic E-state index is 3.36. The minimum atomic E-state index is 1.07. The third-order valence-electron chi connectivity index (χ3n) is 4.62. The van der Waals surface area contributed by atoms with E-state index in [0.29, 0.717) is 0 Å². The van der Waals surface area contributed by atoms with E-state index in [0.717, 1.165) is 24.0 Å². The molecule has 0 saturated heterocycles. The lowest BCUT2D eigenvalue weighted by Gasteiger charge is -2.12. The van der Waals surface area contributed by atoms with E-state index in [4.69, 9.17) is 0 Å². The van der Waals surface area contributed by atoms with Crippen LogP contribution < -0.4 is 10.4 Å². The molecule has 24 heavy (non-hydrogen) atoms. The van der Waals surface area contributed by atoms with Crippen molar-refractivity contribution in [2.24, 2.45) is 0 Å². The average molecular weight is 306 g/mol. The Morgan fingerprint density at radius 2 is 1.17 bits per heavy atom. The van der Waals surface area contributed by atoms with Crippen molar-refractivity contribution in [2.45, 2.75) is 26.7 Å². The Bertz CT molecular complexity index is 1120. The smallest absolute Gasteiger partial charge is 0.0399 e. The van der Waals surface area contributed by atoms with E-state index in [2.05, 4.69) is 72.2 Å². The molecule has 0 saturated carbocycles. The Hall–Kier alpha value is -2.96. The Labute approximate surface area is 142 Å². The van der Waals surface area contributed by atoms with Gasteiger partial charge in [-0.2, -0.15) is 0 Å². The molecule has 0 unspecified atom stereocenters. The fraction of sp³-hybridized carbons (Fsp3) is 0.167. The topological polar surface area (TPSA) is 0 Å². The number of fused-ring (bicyclic) bond motifs is 3. The first-order chi connectivity index (χ1) is 11.8. The zero-order valence-electron chi connectivity index (χ0n) is 14.0. The lowest BCUT2D eigenvalue weighted by atomic mass is 9.90. The van der Waals surface area contributed by atoms with E-state index in [1.165, 1.54) is 32.0 Å². The van der Waals surface area contributed by atoms with Gasteiger partial charge in [-0.25, -0.2) is 0 Å². The van der Waals surface area contributed by atoms with Crippen molar-refractivity contribution < 1.29 is 0 Å². The Balaban J connectivity index is 2.35. The number of benzene rings is 3. The summed E-state index contributed by atoms with van der Waals surface area (Å²) in [7, 11) is 0. The lowest BCUT2D eigenvalue weighted by molar-refractivity contribution is 1.12. The molecule has 1 aliphatic carbocycles. The number of rotatable bonds is 0. The van der Waals surface area contributed by atoms with Crippen LogP contribution in [0.4, 0.5) is 0 Å². The molecule has 0 atom stereocenters. The molecule has 0 heteroatoms. The summed E-state index contributed by atoms with van der Waals surface area (Å²) in [5, 5.41) is 7.45. The summed E-state index contributed by atoms with van der Waals surface area (Å²) in [5.41, 5.74) is 2.29. The van der Waals surface area contributed by atoms with Gasteiger partial charge in [0.1, 0.15) is 0 Å². The van der Waals surface area contributed by atoms with E-state index in [-0.39, 0.29) is 0 Å². The van der Waals surface area contributed by atoms with Gasteiger partial charge in [0.25, 0.3) is 0 Å². The van der Waals surface area contributed by atoms with Gasteiger partial charge in [0.15, 0.2) is 0 Å². The monoisotopic (exact) mass is 306 g/mol. The van der Waals surface area contributed by atoms with Crippen LogP contribution in [0.15, 0.2) is 36.4 Å². The third-order valence-corrected chi connectivity index (χ3v) is 4.62.